The van der Waals surface area contributed by atoms with Crippen molar-refractivity contribution in [2.24, 2.45) is 17.8 Å². The molecule has 7 heteroatoms. The first-order chi connectivity index (χ1) is 21.8. The molecule has 3 amide bonds. The van der Waals surface area contributed by atoms with Crippen LogP contribution in [0.2, 0.25) is 0 Å². The van der Waals surface area contributed by atoms with E-state index in [4.69, 9.17) is 4.74 Å². The molecule has 2 aliphatic heterocycles. The number of esters is 1. The summed E-state index contributed by atoms with van der Waals surface area (Å²) in [5, 5.41) is 0. The molecule has 4 aromatic carbocycles. The maximum Gasteiger partial charge on any atom is 0.316 e. The van der Waals surface area contributed by atoms with Gasteiger partial charge in [-0.3, -0.25) is 19.2 Å². The first-order valence-electron chi connectivity index (χ1n) is 15.6. The first-order valence-corrected chi connectivity index (χ1v) is 15.6. The lowest BCUT2D eigenvalue weighted by atomic mass is 9.55. The number of aryl methyl sites for hydroxylation is 1. The normalized spacial score (nSPS) is 25.2. The number of anilines is 1. The fourth-order valence-electron chi connectivity index (χ4n) is 8.23. The highest BCUT2D eigenvalue weighted by Crippen LogP contribution is 2.61. The van der Waals surface area contributed by atoms with Gasteiger partial charge in [0.05, 0.1) is 29.5 Å². The Kier molecular flexibility index (Phi) is 6.27. The lowest BCUT2D eigenvalue weighted by Gasteiger charge is -2.45. The highest BCUT2D eigenvalue weighted by atomic mass is 16.5. The number of amides is 3. The molecule has 0 radical (unpaired) electrons. The number of likely N-dealkylation sites (tertiary alicyclic amines) is 1. The highest BCUT2D eigenvalue weighted by molar-refractivity contribution is 6.23. The molecule has 45 heavy (non-hydrogen) atoms. The van der Waals surface area contributed by atoms with Gasteiger partial charge >= 0.3 is 5.97 Å². The third-order valence-electron chi connectivity index (χ3n) is 10.3. The molecule has 5 aliphatic rings. The fourth-order valence-corrected chi connectivity index (χ4v) is 8.23. The third kappa shape index (κ3) is 4.10. The van der Waals surface area contributed by atoms with Gasteiger partial charge in [0, 0.05) is 24.8 Å². The van der Waals surface area contributed by atoms with Gasteiger partial charge in [-0.1, -0.05) is 78.9 Å². The van der Waals surface area contributed by atoms with E-state index in [0.29, 0.717) is 17.0 Å². The molecule has 0 aromatic heterocycles. The van der Waals surface area contributed by atoms with Crippen LogP contribution < -0.4 is 9.64 Å². The smallest absolute Gasteiger partial charge is 0.316 e. The Morgan fingerprint density at radius 1 is 0.756 bits per heavy atom. The van der Waals surface area contributed by atoms with Crippen LogP contribution in [0.1, 0.15) is 64.6 Å². The van der Waals surface area contributed by atoms with Crippen LogP contribution in [0.25, 0.3) is 0 Å². The Bertz CT molecular complexity index is 1790. The molecule has 0 unspecified atom stereocenters. The molecule has 0 saturated carbocycles. The van der Waals surface area contributed by atoms with Crippen LogP contribution in [0.3, 0.4) is 0 Å². The van der Waals surface area contributed by atoms with E-state index >= 15 is 0 Å². The second-order valence-electron chi connectivity index (χ2n) is 12.7. The molecule has 224 valence electrons. The van der Waals surface area contributed by atoms with E-state index in [2.05, 4.69) is 24.3 Å². The monoisotopic (exact) mass is 596 g/mol. The maximum absolute atomic E-state index is 14.2. The lowest BCUT2D eigenvalue weighted by molar-refractivity contribution is -0.139. The van der Waals surface area contributed by atoms with Crippen molar-refractivity contribution in [1.29, 1.82) is 0 Å². The standard InChI is InChI=1S/C38H32N2O5/c1-21-18-25(45-38(44)24-19-31(41)39(20-24)22(2)23-10-4-3-5-11-23)16-17-30(21)40-36(42)34-32-26-12-6-7-13-27(26)33(35(34)37(40)43)29-15-9-8-14-28(29)32/h3-18,22,24,32-35H,19-20H2,1-2H3/t22-,24-,32?,33?,34-,35-/m1/s1. The predicted octanol–water partition coefficient (Wildman–Crippen LogP) is 5.91. The number of benzene rings is 4. The Labute approximate surface area is 261 Å². The van der Waals surface area contributed by atoms with Crippen molar-refractivity contribution < 1.29 is 23.9 Å². The van der Waals surface area contributed by atoms with Gasteiger partial charge in [0.15, 0.2) is 0 Å². The second kappa shape index (κ2) is 10.3. The minimum atomic E-state index is -0.577. The van der Waals surface area contributed by atoms with Crippen LogP contribution >= 0.6 is 0 Å². The largest absolute Gasteiger partial charge is 0.426 e. The molecule has 0 spiro atoms. The summed E-state index contributed by atoms with van der Waals surface area (Å²) >= 11 is 0. The minimum absolute atomic E-state index is 0.0781. The molecule has 3 aliphatic carbocycles. The molecule has 4 aromatic rings. The van der Waals surface area contributed by atoms with Gasteiger partial charge in [-0.25, -0.2) is 4.90 Å². The highest BCUT2D eigenvalue weighted by Gasteiger charge is 2.61. The summed E-state index contributed by atoms with van der Waals surface area (Å²) in [6.07, 6.45) is 0.0970. The quantitative estimate of drug-likeness (QED) is 0.163. The van der Waals surface area contributed by atoms with Gasteiger partial charge in [-0.15, -0.1) is 0 Å². The number of hydrogen-bond acceptors (Lipinski definition) is 5. The Hall–Kier alpha value is -5.04. The third-order valence-corrected chi connectivity index (χ3v) is 10.3. The van der Waals surface area contributed by atoms with Gasteiger partial charge < -0.3 is 9.64 Å². The predicted molar refractivity (Wildman–Crippen MR) is 168 cm³/mol. The summed E-state index contributed by atoms with van der Waals surface area (Å²) in [6.45, 7) is 4.07. The van der Waals surface area contributed by atoms with Crippen molar-refractivity contribution in [2.75, 3.05) is 11.4 Å². The number of hydrogen-bond donors (Lipinski definition) is 0. The average Bonchev–Trinajstić information content (AvgIpc) is 3.58. The number of carbonyl (C=O) groups is 4. The first kappa shape index (κ1) is 27.5. The topological polar surface area (TPSA) is 84.0 Å². The molecular formula is C38H32N2O5. The average molecular weight is 597 g/mol. The van der Waals surface area contributed by atoms with Crippen molar-refractivity contribution >= 4 is 29.4 Å². The van der Waals surface area contributed by atoms with Gasteiger partial charge in [0.2, 0.25) is 17.7 Å². The van der Waals surface area contributed by atoms with Crippen molar-refractivity contribution in [3.8, 4) is 5.75 Å². The fraction of sp³-hybridized carbons (Fsp3) is 0.263. The molecule has 0 N–H and O–H groups in total. The zero-order valence-electron chi connectivity index (χ0n) is 25.1. The van der Waals surface area contributed by atoms with E-state index in [9.17, 15) is 19.2 Å². The lowest BCUT2D eigenvalue weighted by Crippen LogP contribution is -2.41. The van der Waals surface area contributed by atoms with Crippen LogP contribution in [0.5, 0.6) is 5.75 Å². The van der Waals surface area contributed by atoms with Crippen LogP contribution in [-0.4, -0.2) is 35.1 Å². The van der Waals surface area contributed by atoms with Crippen molar-refractivity contribution in [1.82, 2.24) is 4.90 Å². The van der Waals surface area contributed by atoms with Crippen LogP contribution in [-0.2, 0) is 19.2 Å². The van der Waals surface area contributed by atoms with Gasteiger partial charge in [-0.2, -0.15) is 0 Å². The molecule has 2 fully saturated rings. The van der Waals surface area contributed by atoms with Gasteiger partial charge in [0.25, 0.3) is 0 Å². The van der Waals surface area contributed by atoms with Gasteiger partial charge in [0.1, 0.15) is 5.75 Å². The van der Waals surface area contributed by atoms with Crippen molar-refractivity contribution in [3.63, 3.8) is 0 Å². The Morgan fingerprint density at radius 2 is 1.29 bits per heavy atom. The van der Waals surface area contributed by atoms with E-state index in [-0.39, 0.29) is 48.6 Å². The molecule has 4 atom stereocenters. The Balaban J connectivity index is 1.03. The number of ether oxygens (including phenoxy) is 1. The Morgan fingerprint density at radius 3 is 1.82 bits per heavy atom. The zero-order valence-corrected chi connectivity index (χ0v) is 25.1. The molecular weight excluding hydrogens is 564 g/mol. The van der Waals surface area contributed by atoms with Gasteiger partial charge in [-0.05, 0) is 65.4 Å². The summed E-state index contributed by atoms with van der Waals surface area (Å²) in [6, 6.07) is 31.0. The SMILES string of the molecule is Cc1cc(OC(=O)[C@@H]2CC(=O)N([C@H](C)c3ccccc3)C2)ccc1N1C(=O)[C@@H]2C3c4ccccc4C(c4ccccc43)[C@H]2C1=O. The van der Waals surface area contributed by atoms with Crippen molar-refractivity contribution in [3.05, 3.63) is 130 Å². The number of rotatable bonds is 5. The van der Waals surface area contributed by atoms with Crippen LogP contribution in [0.4, 0.5) is 5.69 Å². The summed E-state index contributed by atoms with van der Waals surface area (Å²) < 4.78 is 5.75. The molecule has 2 heterocycles. The summed E-state index contributed by atoms with van der Waals surface area (Å²) in [5.74, 6) is -2.46. The van der Waals surface area contributed by atoms with E-state index < -0.39 is 23.7 Å². The van der Waals surface area contributed by atoms with Crippen LogP contribution in [0.15, 0.2) is 97.1 Å². The number of carbonyl (C=O) groups excluding carboxylic acids is 4. The molecule has 9 rings (SSSR count). The summed E-state index contributed by atoms with van der Waals surface area (Å²) in [5.41, 5.74) is 6.70. The number of imide groups is 1. The van der Waals surface area contributed by atoms with Crippen molar-refractivity contribution in [2.45, 2.75) is 38.1 Å². The zero-order chi connectivity index (χ0) is 31.0. The minimum Gasteiger partial charge on any atom is -0.426 e. The molecule has 2 saturated heterocycles. The molecule has 7 nitrogen and oxygen atoms in total. The van der Waals surface area contributed by atoms with E-state index in [0.717, 1.165) is 27.8 Å². The van der Waals surface area contributed by atoms with E-state index in [1.54, 1.807) is 23.1 Å². The second-order valence-corrected chi connectivity index (χ2v) is 12.7. The number of nitrogens with zero attached hydrogens (tertiary/aromatic N) is 2. The van der Waals surface area contributed by atoms with Crippen LogP contribution in [0, 0.1) is 24.7 Å². The summed E-state index contributed by atoms with van der Waals surface area (Å²) in [4.78, 5) is 57.4. The molecule has 2 bridgehead atoms. The van der Waals surface area contributed by atoms with E-state index in [1.165, 1.54) is 4.90 Å². The van der Waals surface area contributed by atoms with E-state index in [1.807, 2.05) is 68.4 Å². The maximum atomic E-state index is 14.2. The summed E-state index contributed by atoms with van der Waals surface area (Å²) in [7, 11) is 0.